The minimum atomic E-state index is 0.683. The molecule has 3 nitrogen and oxygen atoms in total. The molecule has 0 aliphatic heterocycles. The van der Waals surface area contributed by atoms with Gasteiger partial charge in [-0.25, -0.2) is 0 Å². The zero-order valence-electron chi connectivity index (χ0n) is 14.2. The van der Waals surface area contributed by atoms with Crippen molar-refractivity contribution in [1.82, 2.24) is 5.32 Å². The largest absolute Gasteiger partial charge is 0.497 e. The third-order valence-corrected chi connectivity index (χ3v) is 3.68. The second-order valence-electron chi connectivity index (χ2n) is 5.99. The lowest BCUT2D eigenvalue weighted by Crippen LogP contribution is -2.15. The Morgan fingerprint density at radius 1 is 1.09 bits per heavy atom. The van der Waals surface area contributed by atoms with Crippen molar-refractivity contribution in [2.45, 2.75) is 20.3 Å². The zero-order chi connectivity index (χ0) is 16.7. The van der Waals surface area contributed by atoms with E-state index >= 15 is 0 Å². The van der Waals surface area contributed by atoms with Crippen molar-refractivity contribution in [2.75, 3.05) is 19.0 Å². The second kappa shape index (κ2) is 8.28. The van der Waals surface area contributed by atoms with Crippen LogP contribution < -0.4 is 15.4 Å². The first-order chi connectivity index (χ1) is 11.1. The number of rotatable bonds is 8. The summed E-state index contributed by atoms with van der Waals surface area (Å²) in [6, 6.07) is 16.1. The van der Waals surface area contributed by atoms with Gasteiger partial charge in [0.1, 0.15) is 5.75 Å². The molecule has 0 bridgehead atoms. The fraction of sp³-hybridized carbons (Fsp3) is 0.300. The molecule has 0 atom stereocenters. The summed E-state index contributed by atoms with van der Waals surface area (Å²) in [5.74, 6) is 1.53. The number of benzene rings is 2. The molecule has 0 heterocycles. The lowest BCUT2D eigenvalue weighted by molar-refractivity contribution is 0.415. The van der Waals surface area contributed by atoms with Gasteiger partial charge in [-0.3, -0.25) is 0 Å². The minimum absolute atomic E-state index is 0.683. The summed E-state index contributed by atoms with van der Waals surface area (Å²) < 4.78 is 5.19. The fourth-order valence-electron chi connectivity index (χ4n) is 2.29. The van der Waals surface area contributed by atoms with Gasteiger partial charge < -0.3 is 15.4 Å². The Kier molecular flexibility index (Phi) is 6.10. The molecule has 0 saturated carbocycles. The maximum absolute atomic E-state index is 5.19. The van der Waals surface area contributed by atoms with Gasteiger partial charge in [-0.1, -0.05) is 38.6 Å². The molecule has 0 aliphatic carbocycles. The van der Waals surface area contributed by atoms with Gasteiger partial charge in [-0.2, -0.15) is 0 Å². The van der Waals surface area contributed by atoms with E-state index in [0.717, 1.165) is 41.4 Å². The number of hydrogen-bond acceptors (Lipinski definition) is 3. The third-order valence-electron chi connectivity index (χ3n) is 3.68. The van der Waals surface area contributed by atoms with E-state index in [0.29, 0.717) is 5.92 Å². The van der Waals surface area contributed by atoms with Crippen LogP contribution in [0.2, 0.25) is 0 Å². The Morgan fingerprint density at radius 3 is 2.43 bits per heavy atom. The van der Waals surface area contributed by atoms with Crippen LogP contribution in [0.1, 0.15) is 25.8 Å². The van der Waals surface area contributed by atoms with Crippen molar-refractivity contribution in [3.8, 4) is 5.75 Å². The lowest BCUT2D eigenvalue weighted by atomic mass is 10.1. The maximum atomic E-state index is 5.19. The van der Waals surface area contributed by atoms with Gasteiger partial charge in [0.05, 0.1) is 7.11 Å². The first kappa shape index (κ1) is 16.9. The molecular formula is C20H26N2O. The van der Waals surface area contributed by atoms with Crippen molar-refractivity contribution >= 4 is 17.1 Å². The highest BCUT2D eigenvalue weighted by molar-refractivity contribution is 5.77. The molecule has 0 spiro atoms. The summed E-state index contributed by atoms with van der Waals surface area (Å²) in [5, 5.41) is 6.87. The number of nitrogens with one attached hydrogen (secondary N) is 2. The van der Waals surface area contributed by atoms with E-state index in [9.17, 15) is 0 Å². The summed E-state index contributed by atoms with van der Waals surface area (Å²) >= 11 is 0. The van der Waals surface area contributed by atoms with Crippen molar-refractivity contribution in [3.63, 3.8) is 0 Å². The SMILES string of the molecule is C=C(NCCC(C)C)c1ccccc1Nc1ccc(OC)cc1. The van der Waals surface area contributed by atoms with Crippen molar-refractivity contribution in [2.24, 2.45) is 5.92 Å². The molecule has 2 N–H and O–H groups in total. The Morgan fingerprint density at radius 2 is 1.78 bits per heavy atom. The van der Waals surface area contributed by atoms with E-state index in [1.54, 1.807) is 7.11 Å². The highest BCUT2D eigenvalue weighted by atomic mass is 16.5. The van der Waals surface area contributed by atoms with Crippen molar-refractivity contribution < 1.29 is 4.74 Å². The van der Waals surface area contributed by atoms with Crippen LogP contribution >= 0.6 is 0 Å². The van der Waals surface area contributed by atoms with Gasteiger partial charge in [0.25, 0.3) is 0 Å². The van der Waals surface area contributed by atoms with Gasteiger partial charge >= 0.3 is 0 Å². The average molecular weight is 310 g/mol. The molecule has 0 amide bonds. The molecule has 0 fully saturated rings. The van der Waals surface area contributed by atoms with E-state index in [1.807, 2.05) is 36.4 Å². The van der Waals surface area contributed by atoms with Gasteiger partial charge in [0.2, 0.25) is 0 Å². The maximum Gasteiger partial charge on any atom is 0.119 e. The summed E-state index contributed by atoms with van der Waals surface area (Å²) in [5.41, 5.74) is 4.10. The number of methoxy groups -OCH3 is 1. The molecule has 122 valence electrons. The number of para-hydroxylation sites is 1. The molecule has 0 unspecified atom stereocenters. The number of anilines is 2. The molecule has 3 heteroatoms. The Labute approximate surface area is 139 Å². The molecule has 0 aromatic heterocycles. The van der Waals surface area contributed by atoms with Crippen LogP contribution in [0.3, 0.4) is 0 Å². The molecule has 0 saturated heterocycles. The van der Waals surface area contributed by atoms with Crippen LogP contribution in [0.5, 0.6) is 5.75 Å². The zero-order valence-corrected chi connectivity index (χ0v) is 14.2. The first-order valence-electron chi connectivity index (χ1n) is 8.03. The predicted octanol–water partition coefficient (Wildman–Crippen LogP) is 5.05. The van der Waals surface area contributed by atoms with Crippen LogP contribution in [-0.4, -0.2) is 13.7 Å². The van der Waals surface area contributed by atoms with Gasteiger partial charge in [-0.15, -0.1) is 0 Å². The molecule has 2 aromatic rings. The average Bonchev–Trinajstić information content (AvgIpc) is 2.55. The predicted molar refractivity (Wildman–Crippen MR) is 99.2 cm³/mol. The molecule has 0 radical (unpaired) electrons. The monoisotopic (exact) mass is 310 g/mol. The topological polar surface area (TPSA) is 33.3 Å². The van der Waals surface area contributed by atoms with Crippen LogP contribution in [0.15, 0.2) is 55.1 Å². The molecular weight excluding hydrogens is 284 g/mol. The van der Waals surface area contributed by atoms with Gasteiger partial charge in [-0.05, 0) is 42.7 Å². The van der Waals surface area contributed by atoms with E-state index in [1.165, 1.54) is 0 Å². The first-order valence-corrected chi connectivity index (χ1v) is 8.03. The van der Waals surface area contributed by atoms with Crippen molar-refractivity contribution in [1.29, 1.82) is 0 Å². The van der Waals surface area contributed by atoms with Gasteiger partial charge in [0.15, 0.2) is 0 Å². The Balaban J connectivity index is 2.08. The van der Waals surface area contributed by atoms with Crippen LogP contribution in [0.4, 0.5) is 11.4 Å². The molecule has 0 aliphatic rings. The third kappa shape index (κ3) is 5.06. The van der Waals surface area contributed by atoms with Gasteiger partial charge in [0, 0.05) is 29.2 Å². The quantitative estimate of drug-likeness (QED) is 0.716. The fourth-order valence-corrected chi connectivity index (χ4v) is 2.29. The van der Waals surface area contributed by atoms with Crippen LogP contribution in [-0.2, 0) is 0 Å². The summed E-state index contributed by atoms with van der Waals surface area (Å²) in [6.45, 7) is 9.57. The summed E-state index contributed by atoms with van der Waals surface area (Å²) in [7, 11) is 1.67. The summed E-state index contributed by atoms with van der Waals surface area (Å²) in [6.07, 6.45) is 1.13. The minimum Gasteiger partial charge on any atom is -0.497 e. The van der Waals surface area contributed by atoms with Crippen molar-refractivity contribution in [3.05, 3.63) is 60.7 Å². The van der Waals surface area contributed by atoms with E-state index in [2.05, 4.69) is 43.2 Å². The van der Waals surface area contributed by atoms with Crippen LogP contribution in [0, 0.1) is 5.92 Å². The summed E-state index contributed by atoms with van der Waals surface area (Å²) in [4.78, 5) is 0. The van der Waals surface area contributed by atoms with E-state index < -0.39 is 0 Å². The standard InChI is InChI=1S/C20H26N2O/c1-15(2)13-14-21-16(3)19-7-5-6-8-20(19)22-17-9-11-18(23-4)12-10-17/h5-12,15,21-22H,3,13-14H2,1-2,4H3. The Bertz CT molecular complexity index is 632. The number of hydrogen-bond donors (Lipinski definition) is 2. The molecule has 2 aromatic carbocycles. The smallest absolute Gasteiger partial charge is 0.119 e. The highest BCUT2D eigenvalue weighted by Gasteiger charge is 2.06. The molecule has 2 rings (SSSR count). The van der Waals surface area contributed by atoms with E-state index in [4.69, 9.17) is 4.74 Å². The second-order valence-corrected chi connectivity index (χ2v) is 5.99. The van der Waals surface area contributed by atoms with Crippen LogP contribution in [0.25, 0.3) is 5.70 Å². The highest BCUT2D eigenvalue weighted by Crippen LogP contribution is 2.26. The molecule has 23 heavy (non-hydrogen) atoms. The number of ether oxygens (including phenoxy) is 1. The van der Waals surface area contributed by atoms with E-state index in [-0.39, 0.29) is 0 Å². The normalized spacial score (nSPS) is 10.4. The lowest BCUT2D eigenvalue weighted by Gasteiger charge is -2.16. The Hall–Kier alpha value is -2.42.